The largest absolute Gasteiger partial charge is 0.481 e. The van der Waals surface area contributed by atoms with Crippen LogP contribution in [0.4, 0.5) is 11.4 Å². The van der Waals surface area contributed by atoms with Crippen LogP contribution in [0.1, 0.15) is 46.5 Å². The molecule has 4 atom stereocenters. The van der Waals surface area contributed by atoms with Crippen LogP contribution in [-0.2, 0) is 28.8 Å². The third-order valence-electron chi connectivity index (χ3n) is 6.00. The summed E-state index contributed by atoms with van der Waals surface area (Å²) < 4.78 is 0. The van der Waals surface area contributed by atoms with Crippen molar-refractivity contribution in [1.82, 2.24) is 20.9 Å². The van der Waals surface area contributed by atoms with E-state index < -0.39 is 64.6 Å². The van der Waals surface area contributed by atoms with Gasteiger partial charge in [0.25, 0.3) is 5.69 Å². The van der Waals surface area contributed by atoms with Gasteiger partial charge in [0.1, 0.15) is 24.2 Å². The molecule has 5 amide bonds. The second kappa shape index (κ2) is 13.8. The molecule has 0 aliphatic carbocycles. The molecule has 1 heterocycles. The highest BCUT2D eigenvalue weighted by atomic mass is 16.6. The van der Waals surface area contributed by atoms with E-state index in [1.165, 1.54) is 49.9 Å². The van der Waals surface area contributed by atoms with Gasteiger partial charge in [0.2, 0.25) is 29.5 Å². The minimum absolute atomic E-state index is 0.138. The molecule has 1 fully saturated rings. The first kappa shape index (κ1) is 30.7. The summed E-state index contributed by atoms with van der Waals surface area (Å²) in [5.41, 5.74) is 0.168. The maximum atomic E-state index is 13.0. The normalized spacial score (nSPS) is 16.8. The van der Waals surface area contributed by atoms with E-state index in [1.54, 1.807) is 0 Å². The number of rotatable bonds is 12. The molecule has 0 unspecified atom stereocenters. The van der Waals surface area contributed by atoms with Crippen LogP contribution >= 0.6 is 0 Å². The molecule has 0 aromatic heterocycles. The lowest BCUT2D eigenvalue weighted by molar-refractivity contribution is -0.384. The van der Waals surface area contributed by atoms with Crippen molar-refractivity contribution in [1.29, 1.82) is 0 Å². The molecule has 1 aromatic carbocycles. The third-order valence-corrected chi connectivity index (χ3v) is 6.00. The Morgan fingerprint density at radius 3 is 2.15 bits per heavy atom. The molecule has 1 aliphatic rings. The number of aliphatic carboxylic acids is 1. The maximum absolute atomic E-state index is 13.0. The number of hydrogen-bond donors (Lipinski definition) is 5. The van der Waals surface area contributed by atoms with E-state index in [0.29, 0.717) is 18.5 Å². The van der Waals surface area contributed by atoms with Crippen molar-refractivity contribution in [2.24, 2.45) is 0 Å². The minimum Gasteiger partial charge on any atom is -0.481 e. The molecule has 2 rings (SSSR count). The Kier molecular flexibility index (Phi) is 10.9. The number of nitrogens with one attached hydrogen (secondary N) is 4. The molecule has 5 N–H and O–H groups in total. The number of anilines is 1. The molecule has 0 radical (unpaired) electrons. The quantitative estimate of drug-likeness (QED) is 0.174. The van der Waals surface area contributed by atoms with Crippen molar-refractivity contribution in [3.8, 4) is 0 Å². The summed E-state index contributed by atoms with van der Waals surface area (Å²) in [7, 11) is 0. The second-order valence-electron chi connectivity index (χ2n) is 9.13. The highest BCUT2D eigenvalue weighted by Crippen LogP contribution is 2.19. The van der Waals surface area contributed by atoms with Crippen molar-refractivity contribution in [3.05, 3.63) is 34.4 Å². The Bertz CT molecular complexity index is 1120. The van der Waals surface area contributed by atoms with Gasteiger partial charge in [-0.05, 0) is 45.7 Å². The Hall–Kier alpha value is -4.56. The highest BCUT2D eigenvalue weighted by molar-refractivity contribution is 5.99. The summed E-state index contributed by atoms with van der Waals surface area (Å²) in [6, 6.07) is 1.30. The van der Waals surface area contributed by atoms with Crippen LogP contribution in [0.15, 0.2) is 24.3 Å². The standard InChI is InChI=1S/C24H32N6O9/c1-13(25-19(31)10-11-20(32)33)21(34)27-15(3)24(37)29-12-4-5-18(29)23(36)26-14(2)22(35)28-16-6-8-17(9-7-16)30(38)39/h6-9,13-15,18H,4-5,10-12H2,1-3H3,(H,25,31)(H,26,36)(H,27,34)(H,28,35)(H,32,33)/t13-,14-,15+,18-/m0/s1. The number of hydrogen-bond acceptors (Lipinski definition) is 8. The average molecular weight is 549 g/mol. The number of carboxylic acids is 1. The number of non-ortho nitro benzene ring substituents is 1. The fourth-order valence-corrected chi connectivity index (χ4v) is 3.84. The zero-order valence-corrected chi connectivity index (χ0v) is 21.8. The topological polar surface area (TPSA) is 217 Å². The Balaban J connectivity index is 1.89. The van der Waals surface area contributed by atoms with Crippen molar-refractivity contribution in [2.45, 2.75) is 70.6 Å². The van der Waals surface area contributed by atoms with E-state index in [1.807, 2.05) is 0 Å². The molecule has 1 aromatic rings. The lowest BCUT2D eigenvalue weighted by atomic mass is 10.1. The molecule has 1 saturated heterocycles. The summed E-state index contributed by atoms with van der Waals surface area (Å²) >= 11 is 0. The lowest BCUT2D eigenvalue weighted by Crippen LogP contribution is -2.56. The highest BCUT2D eigenvalue weighted by Gasteiger charge is 2.37. The number of carbonyl (C=O) groups excluding carboxylic acids is 5. The summed E-state index contributed by atoms with van der Waals surface area (Å²) in [5.74, 6) is -4.06. The van der Waals surface area contributed by atoms with Crippen molar-refractivity contribution in [2.75, 3.05) is 11.9 Å². The van der Waals surface area contributed by atoms with Crippen molar-refractivity contribution >= 4 is 46.9 Å². The van der Waals surface area contributed by atoms with Crippen molar-refractivity contribution < 1.29 is 38.8 Å². The molecule has 39 heavy (non-hydrogen) atoms. The maximum Gasteiger partial charge on any atom is 0.303 e. The van der Waals surface area contributed by atoms with E-state index in [4.69, 9.17) is 5.11 Å². The van der Waals surface area contributed by atoms with Crippen LogP contribution in [-0.4, -0.2) is 81.1 Å². The molecule has 15 nitrogen and oxygen atoms in total. The molecule has 0 spiro atoms. The van der Waals surface area contributed by atoms with Gasteiger partial charge in [-0.2, -0.15) is 0 Å². The molecule has 0 bridgehead atoms. The van der Waals surface area contributed by atoms with Crippen LogP contribution < -0.4 is 21.3 Å². The Morgan fingerprint density at radius 2 is 1.56 bits per heavy atom. The molecule has 15 heteroatoms. The molecule has 212 valence electrons. The van der Waals surface area contributed by atoms with Crippen LogP contribution in [0, 0.1) is 10.1 Å². The smallest absolute Gasteiger partial charge is 0.303 e. The molecule has 1 aliphatic heterocycles. The first-order chi connectivity index (χ1) is 18.3. The predicted octanol–water partition coefficient (Wildman–Crippen LogP) is -0.0968. The Labute approximate surface area is 223 Å². The third kappa shape index (κ3) is 9.05. The van der Waals surface area contributed by atoms with E-state index in [0.717, 1.165) is 0 Å². The van der Waals surface area contributed by atoms with Crippen LogP contribution in [0.5, 0.6) is 0 Å². The van der Waals surface area contributed by atoms with E-state index >= 15 is 0 Å². The first-order valence-electron chi connectivity index (χ1n) is 12.3. The lowest BCUT2D eigenvalue weighted by Gasteiger charge is -2.28. The summed E-state index contributed by atoms with van der Waals surface area (Å²) in [6.07, 6.45) is 0.204. The number of nitro groups is 1. The summed E-state index contributed by atoms with van der Waals surface area (Å²) in [6.45, 7) is 4.55. The van der Waals surface area contributed by atoms with Crippen molar-refractivity contribution in [3.63, 3.8) is 0 Å². The zero-order chi connectivity index (χ0) is 29.3. The molecular formula is C24H32N6O9. The van der Waals surface area contributed by atoms with Gasteiger partial charge in [0, 0.05) is 30.8 Å². The van der Waals surface area contributed by atoms with Crippen LogP contribution in [0.2, 0.25) is 0 Å². The number of nitrogens with zero attached hydrogens (tertiary/aromatic N) is 2. The monoisotopic (exact) mass is 548 g/mol. The number of carboxylic acid groups (broad SMARTS) is 1. The number of amides is 5. The summed E-state index contributed by atoms with van der Waals surface area (Å²) in [5, 5.41) is 29.4. The van der Waals surface area contributed by atoms with Gasteiger partial charge >= 0.3 is 5.97 Å². The fraction of sp³-hybridized carbons (Fsp3) is 0.500. The van der Waals surface area contributed by atoms with Gasteiger partial charge in [-0.15, -0.1) is 0 Å². The predicted molar refractivity (Wildman–Crippen MR) is 136 cm³/mol. The number of benzene rings is 1. The molecule has 0 saturated carbocycles. The summed E-state index contributed by atoms with van der Waals surface area (Å²) in [4.78, 5) is 84.6. The zero-order valence-electron chi connectivity index (χ0n) is 21.8. The number of carbonyl (C=O) groups is 6. The van der Waals surface area contributed by atoms with Gasteiger partial charge in [0.05, 0.1) is 11.3 Å². The van der Waals surface area contributed by atoms with Gasteiger partial charge in [-0.25, -0.2) is 0 Å². The van der Waals surface area contributed by atoms with Gasteiger partial charge in [-0.1, -0.05) is 0 Å². The first-order valence-corrected chi connectivity index (χ1v) is 12.3. The van der Waals surface area contributed by atoms with E-state index in [9.17, 15) is 38.9 Å². The van der Waals surface area contributed by atoms with E-state index in [-0.39, 0.29) is 25.1 Å². The fourth-order valence-electron chi connectivity index (χ4n) is 3.84. The SMILES string of the molecule is C[C@H](NC(=O)CCC(=O)O)C(=O)N[C@H](C)C(=O)N1CCC[C@H]1C(=O)N[C@@H](C)C(=O)Nc1ccc([N+](=O)[O-])cc1. The molecular weight excluding hydrogens is 516 g/mol. The van der Waals surface area contributed by atoms with Crippen LogP contribution in [0.25, 0.3) is 0 Å². The second-order valence-corrected chi connectivity index (χ2v) is 9.13. The Morgan fingerprint density at radius 1 is 0.949 bits per heavy atom. The van der Waals surface area contributed by atoms with Crippen LogP contribution in [0.3, 0.4) is 0 Å². The van der Waals surface area contributed by atoms with E-state index in [2.05, 4.69) is 21.3 Å². The number of likely N-dealkylation sites (tertiary alicyclic amines) is 1. The number of nitro benzene ring substituents is 1. The van der Waals surface area contributed by atoms with Gasteiger partial charge in [0.15, 0.2) is 0 Å². The average Bonchev–Trinajstić information content (AvgIpc) is 3.37. The van der Waals surface area contributed by atoms with Gasteiger partial charge in [-0.3, -0.25) is 38.9 Å². The van der Waals surface area contributed by atoms with Gasteiger partial charge < -0.3 is 31.3 Å². The minimum atomic E-state index is -1.15.